The molecule has 0 fully saturated rings. The second kappa shape index (κ2) is 78.8. The molecule has 0 rings (SSSR count). The first-order valence-corrected chi connectivity index (χ1v) is 39.2. The van der Waals surface area contributed by atoms with E-state index in [1.165, 1.54) is 32.1 Å². The number of ether oxygens (including phenoxy) is 4. The number of nitrogens with zero attached hydrogens (tertiary/aromatic N) is 1. The fourth-order valence-electron chi connectivity index (χ4n) is 9.71. The number of quaternary nitrogens is 1. The minimum absolute atomic E-state index is 0.129. The predicted molar refractivity (Wildman–Crippen MR) is 434 cm³/mol. The van der Waals surface area contributed by atoms with Crippen LogP contribution in [0.15, 0.2) is 243 Å². The number of carboxylic acid groups (broad SMARTS) is 1. The average molecular weight is 1390 g/mol. The molecule has 0 aromatic rings. The SMILES string of the molecule is CC/C=C\C/C=C\C/C=C\C/C=C\C/C=C\C/C=C\C/C=C\C/C=C\C/C=C\C/C=C\C/C=C\CCCCCCCC(=O)OC(COC(=O)CCCCCCCCCCC/C=C\C/C=C\C/C=C\C/C=C\C/C=C\C/C=C\C/C=C\C/C=C\C/C=C\CC)COC(OCC[N+](C)(C)C)C(=O)[O-]. The second-order valence-electron chi connectivity index (χ2n) is 26.2. The van der Waals surface area contributed by atoms with Gasteiger partial charge in [0.15, 0.2) is 12.4 Å². The quantitative estimate of drug-likeness (QED) is 0.0195. The van der Waals surface area contributed by atoms with Crippen molar-refractivity contribution in [3.05, 3.63) is 243 Å². The zero-order chi connectivity index (χ0) is 73.2. The summed E-state index contributed by atoms with van der Waals surface area (Å²) < 4.78 is 22.8. The molecule has 2 unspecified atom stereocenters. The van der Waals surface area contributed by atoms with Crippen LogP contribution < -0.4 is 5.11 Å². The molecule has 0 aromatic carbocycles. The van der Waals surface area contributed by atoms with Crippen molar-refractivity contribution in [2.75, 3.05) is 47.5 Å². The summed E-state index contributed by atoms with van der Waals surface area (Å²) in [5.74, 6) is -2.34. The number of carbonyl (C=O) groups is 3. The Kier molecular flexibility index (Phi) is 73.4. The van der Waals surface area contributed by atoms with Crippen molar-refractivity contribution in [1.82, 2.24) is 0 Å². The maximum absolute atomic E-state index is 13.0. The zero-order valence-corrected chi connectivity index (χ0v) is 64.2. The highest BCUT2D eigenvalue weighted by molar-refractivity contribution is 5.70. The monoisotopic (exact) mass is 1390 g/mol. The number of rotatable bonds is 69. The molecule has 0 aliphatic heterocycles. The van der Waals surface area contributed by atoms with Gasteiger partial charge in [0.25, 0.3) is 0 Å². The molecular formula is C92H141NO8. The summed E-state index contributed by atoms with van der Waals surface area (Å²) in [6.07, 6.45) is 124. The van der Waals surface area contributed by atoms with Crippen molar-refractivity contribution >= 4 is 17.9 Å². The lowest BCUT2D eigenvalue weighted by Crippen LogP contribution is -2.44. The number of aliphatic carboxylic acids is 1. The van der Waals surface area contributed by atoms with Gasteiger partial charge in [0.1, 0.15) is 13.2 Å². The van der Waals surface area contributed by atoms with E-state index in [-0.39, 0.29) is 38.6 Å². The third-order valence-corrected chi connectivity index (χ3v) is 15.6. The lowest BCUT2D eigenvalue weighted by Gasteiger charge is -2.26. The van der Waals surface area contributed by atoms with Crippen LogP contribution in [0, 0.1) is 0 Å². The molecule has 9 heteroatoms. The normalized spacial score (nSPS) is 14.0. The number of carboxylic acids is 1. The first-order chi connectivity index (χ1) is 49.6. The molecule has 0 aliphatic rings. The van der Waals surface area contributed by atoms with Crippen LogP contribution in [0.1, 0.15) is 258 Å². The average Bonchev–Trinajstić information content (AvgIpc) is 1.21. The second-order valence-corrected chi connectivity index (χ2v) is 26.2. The van der Waals surface area contributed by atoms with E-state index in [1.54, 1.807) is 0 Å². The number of hydrogen-bond donors (Lipinski definition) is 0. The first kappa shape index (κ1) is 94.1. The highest BCUT2D eigenvalue weighted by Crippen LogP contribution is 2.15. The Labute approximate surface area is 618 Å². The van der Waals surface area contributed by atoms with Crippen molar-refractivity contribution in [2.45, 2.75) is 270 Å². The minimum Gasteiger partial charge on any atom is -0.545 e. The first-order valence-electron chi connectivity index (χ1n) is 39.2. The van der Waals surface area contributed by atoms with Gasteiger partial charge < -0.3 is 33.3 Å². The van der Waals surface area contributed by atoms with Crippen molar-refractivity contribution in [2.24, 2.45) is 0 Å². The Morgan fingerprint density at radius 1 is 0.297 bits per heavy atom. The van der Waals surface area contributed by atoms with Gasteiger partial charge in [0.05, 0.1) is 40.3 Å². The summed E-state index contributed by atoms with van der Waals surface area (Å²) in [6.45, 7) is 4.46. The van der Waals surface area contributed by atoms with Crippen molar-refractivity contribution < 1.29 is 42.9 Å². The van der Waals surface area contributed by atoms with E-state index in [0.717, 1.165) is 186 Å². The molecule has 0 aromatic heterocycles. The highest BCUT2D eigenvalue weighted by Gasteiger charge is 2.22. The molecule has 0 radical (unpaired) electrons. The molecule has 2 atom stereocenters. The molecule has 0 aliphatic carbocycles. The molecule has 0 heterocycles. The van der Waals surface area contributed by atoms with E-state index in [1.807, 2.05) is 21.1 Å². The topological polar surface area (TPSA) is 111 Å². The molecule has 0 N–H and O–H groups in total. The number of hydrogen-bond acceptors (Lipinski definition) is 8. The lowest BCUT2D eigenvalue weighted by molar-refractivity contribution is -0.870. The standard InChI is InChI=1S/C92H141NO8/c1-6-8-10-12-14-16-18-20-22-24-26-28-30-32-34-36-38-40-42-44-45-47-49-51-53-55-57-59-61-63-65-67-69-71-73-75-77-79-81-83-90(95)101-88(87-100-92(91(96)97)98-85-84-93(3,4)5)86-99-89(94)82-80-78-76-74-72-70-68-66-64-62-60-58-56-54-52-50-48-46-43-41-39-37-35-33-31-29-27-25-23-21-19-17-15-13-11-9-7-2/h8-11,14-17,20-23,26-29,32-35,38-41,44-46,48-49,51-52,54-55,57-58,60-61,63,67,69,88,92H,6-7,12-13,18-19,24-25,30-31,36-37,42-43,47,50,53,56,59,62,64-66,68,70-87H2,1-5H3/b10-8-,11-9-,16-14-,17-15-,22-20-,23-21-,28-26-,29-27-,34-32-,35-33-,40-38-,41-39-,45-44-,48-46-,51-49-,54-52-,57-55-,60-58-,63-61-,69-67-. The van der Waals surface area contributed by atoms with Gasteiger partial charge in [-0.2, -0.15) is 0 Å². The van der Waals surface area contributed by atoms with Gasteiger partial charge in [0.2, 0.25) is 0 Å². The van der Waals surface area contributed by atoms with Gasteiger partial charge in [-0.25, -0.2) is 0 Å². The number of unbranched alkanes of at least 4 members (excludes halogenated alkanes) is 14. The van der Waals surface area contributed by atoms with E-state index < -0.39 is 24.3 Å². The summed E-state index contributed by atoms with van der Waals surface area (Å²) in [6, 6.07) is 0. The van der Waals surface area contributed by atoms with Crippen molar-refractivity contribution in [3.63, 3.8) is 0 Å². The molecule has 0 saturated carbocycles. The Morgan fingerprint density at radius 2 is 0.535 bits per heavy atom. The largest absolute Gasteiger partial charge is 0.545 e. The van der Waals surface area contributed by atoms with Gasteiger partial charge in [-0.3, -0.25) is 9.59 Å². The van der Waals surface area contributed by atoms with E-state index >= 15 is 0 Å². The Hall–Kier alpha value is -6.91. The fourth-order valence-corrected chi connectivity index (χ4v) is 9.71. The van der Waals surface area contributed by atoms with Crippen LogP contribution in [-0.4, -0.2) is 82.3 Å². The van der Waals surface area contributed by atoms with Crippen LogP contribution >= 0.6 is 0 Å². The molecule has 9 nitrogen and oxygen atoms in total. The van der Waals surface area contributed by atoms with E-state index in [4.69, 9.17) is 18.9 Å². The van der Waals surface area contributed by atoms with Crippen molar-refractivity contribution in [3.8, 4) is 0 Å². The highest BCUT2D eigenvalue weighted by atomic mass is 16.7. The van der Waals surface area contributed by atoms with Gasteiger partial charge in [0, 0.05) is 12.8 Å². The van der Waals surface area contributed by atoms with Crippen LogP contribution in [0.3, 0.4) is 0 Å². The maximum atomic E-state index is 13.0. The zero-order valence-electron chi connectivity index (χ0n) is 64.2. The van der Waals surface area contributed by atoms with Crippen LogP contribution in [0.5, 0.6) is 0 Å². The van der Waals surface area contributed by atoms with Crippen molar-refractivity contribution in [1.29, 1.82) is 0 Å². The summed E-state index contributed by atoms with van der Waals surface area (Å²) >= 11 is 0. The van der Waals surface area contributed by atoms with Gasteiger partial charge in [-0.1, -0.05) is 321 Å². The molecule has 0 saturated heterocycles. The Balaban J connectivity index is 4.23. The predicted octanol–water partition coefficient (Wildman–Crippen LogP) is 24.2. The molecule has 0 spiro atoms. The Bertz CT molecular complexity index is 2570. The van der Waals surface area contributed by atoms with Crippen LogP contribution in [-0.2, 0) is 33.3 Å². The van der Waals surface area contributed by atoms with Crippen LogP contribution in [0.25, 0.3) is 0 Å². The smallest absolute Gasteiger partial charge is 0.306 e. The summed E-state index contributed by atoms with van der Waals surface area (Å²) in [4.78, 5) is 37.6. The van der Waals surface area contributed by atoms with Crippen LogP contribution in [0.2, 0.25) is 0 Å². The van der Waals surface area contributed by atoms with E-state index in [0.29, 0.717) is 23.9 Å². The molecule has 101 heavy (non-hydrogen) atoms. The molecule has 562 valence electrons. The lowest BCUT2D eigenvalue weighted by atomic mass is 10.1. The van der Waals surface area contributed by atoms with E-state index in [2.05, 4.69) is 257 Å². The van der Waals surface area contributed by atoms with Gasteiger partial charge in [-0.05, 0) is 167 Å². The summed E-state index contributed by atoms with van der Waals surface area (Å²) in [5, 5.41) is 11.9. The summed E-state index contributed by atoms with van der Waals surface area (Å²) in [7, 11) is 5.91. The Morgan fingerprint density at radius 3 is 0.792 bits per heavy atom. The molecule has 0 bridgehead atoms. The summed E-state index contributed by atoms with van der Waals surface area (Å²) in [5.41, 5.74) is 0. The third kappa shape index (κ3) is 80.3. The van der Waals surface area contributed by atoms with Gasteiger partial charge >= 0.3 is 11.9 Å². The molecule has 0 amide bonds. The van der Waals surface area contributed by atoms with Crippen LogP contribution in [0.4, 0.5) is 0 Å². The molecular weight excluding hydrogens is 1250 g/mol. The minimum atomic E-state index is -1.65. The number of carbonyl (C=O) groups excluding carboxylic acids is 3. The third-order valence-electron chi connectivity index (χ3n) is 15.6. The number of esters is 2. The fraction of sp³-hybridized carbons (Fsp3) is 0.533. The number of allylic oxidation sites excluding steroid dienone is 40. The number of likely N-dealkylation sites (N-methyl/N-ethyl adjacent to an activating group) is 1. The maximum Gasteiger partial charge on any atom is 0.306 e. The van der Waals surface area contributed by atoms with Gasteiger partial charge in [-0.15, -0.1) is 0 Å². The van der Waals surface area contributed by atoms with E-state index in [9.17, 15) is 19.5 Å².